The molecule has 0 spiro atoms. The molecule has 0 unspecified atom stereocenters. The number of nitrogens with zero attached hydrogens (tertiary/aromatic N) is 2. The average molecular weight is 340 g/mol. The number of hydrogen-bond donors (Lipinski definition) is 1. The molecular weight excluding hydrogens is 318 g/mol. The van der Waals surface area contributed by atoms with E-state index in [0.717, 1.165) is 35.9 Å². The minimum absolute atomic E-state index is 0.746. The molecular formula is C15H22BrN3O. The van der Waals surface area contributed by atoms with Crippen molar-refractivity contribution in [3.8, 4) is 5.75 Å². The zero-order valence-corrected chi connectivity index (χ0v) is 13.5. The van der Waals surface area contributed by atoms with Crippen molar-refractivity contribution in [1.29, 1.82) is 0 Å². The van der Waals surface area contributed by atoms with Gasteiger partial charge in [-0.2, -0.15) is 0 Å². The summed E-state index contributed by atoms with van der Waals surface area (Å²) < 4.78 is 6.56. The molecule has 0 radical (unpaired) electrons. The van der Waals surface area contributed by atoms with Crippen LogP contribution in [-0.4, -0.2) is 62.2 Å². The molecule has 1 aromatic rings. The summed E-state index contributed by atoms with van der Waals surface area (Å²) in [5.41, 5.74) is 1.26. The molecule has 1 N–H and O–H groups in total. The molecule has 2 aliphatic heterocycles. The summed E-state index contributed by atoms with van der Waals surface area (Å²) in [6, 6.07) is 6.97. The first-order chi connectivity index (χ1) is 9.76. The fraction of sp³-hybridized carbons (Fsp3) is 0.600. The average Bonchev–Trinajstić information content (AvgIpc) is 2.43. The SMILES string of the molecule is COc1ccc(Br)cc1CN1CC(N2CCNCC2)C1. The predicted molar refractivity (Wildman–Crippen MR) is 84.2 cm³/mol. The molecule has 2 saturated heterocycles. The lowest BCUT2D eigenvalue weighted by Gasteiger charge is -2.47. The number of halogens is 1. The van der Waals surface area contributed by atoms with E-state index in [-0.39, 0.29) is 0 Å². The van der Waals surface area contributed by atoms with Crippen LogP contribution in [-0.2, 0) is 6.54 Å². The zero-order valence-electron chi connectivity index (χ0n) is 11.9. The molecule has 4 nitrogen and oxygen atoms in total. The van der Waals surface area contributed by atoms with Crippen LogP contribution in [0.3, 0.4) is 0 Å². The van der Waals surface area contributed by atoms with Crippen molar-refractivity contribution in [3.63, 3.8) is 0 Å². The van der Waals surface area contributed by atoms with Crippen LogP contribution in [0.15, 0.2) is 22.7 Å². The maximum Gasteiger partial charge on any atom is 0.123 e. The second kappa shape index (κ2) is 6.43. The Balaban J connectivity index is 1.54. The Labute approximate surface area is 129 Å². The Morgan fingerprint density at radius 1 is 1.30 bits per heavy atom. The van der Waals surface area contributed by atoms with Crippen LogP contribution < -0.4 is 10.1 Å². The molecule has 0 atom stereocenters. The number of benzene rings is 1. The highest BCUT2D eigenvalue weighted by atomic mass is 79.9. The lowest BCUT2D eigenvalue weighted by atomic mass is 10.0. The van der Waals surface area contributed by atoms with Crippen molar-refractivity contribution in [2.24, 2.45) is 0 Å². The number of hydrogen-bond acceptors (Lipinski definition) is 4. The van der Waals surface area contributed by atoms with Crippen LogP contribution in [0.4, 0.5) is 0 Å². The Bertz CT molecular complexity index is 456. The smallest absolute Gasteiger partial charge is 0.123 e. The molecule has 1 aromatic carbocycles. The van der Waals surface area contributed by atoms with E-state index in [1.54, 1.807) is 7.11 Å². The van der Waals surface area contributed by atoms with E-state index in [4.69, 9.17) is 4.74 Å². The fourth-order valence-electron chi connectivity index (χ4n) is 3.06. The lowest BCUT2D eigenvalue weighted by molar-refractivity contribution is 0.0219. The van der Waals surface area contributed by atoms with Crippen molar-refractivity contribution in [2.45, 2.75) is 12.6 Å². The van der Waals surface area contributed by atoms with Gasteiger partial charge in [0.25, 0.3) is 0 Å². The largest absolute Gasteiger partial charge is 0.496 e. The van der Waals surface area contributed by atoms with Gasteiger partial charge in [-0.05, 0) is 18.2 Å². The number of methoxy groups -OCH3 is 1. The van der Waals surface area contributed by atoms with Gasteiger partial charge in [-0.25, -0.2) is 0 Å². The van der Waals surface area contributed by atoms with Gasteiger partial charge < -0.3 is 10.1 Å². The van der Waals surface area contributed by atoms with Crippen LogP contribution in [0, 0.1) is 0 Å². The lowest BCUT2D eigenvalue weighted by Crippen LogP contribution is -2.62. The molecule has 2 heterocycles. The summed E-state index contributed by atoms with van der Waals surface area (Å²) in [5.74, 6) is 0.985. The second-order valence-electron chi connectivity index (χ2n) is 5.59. The number of ether oxygens (including phenoxy) is 1. The molecule has 0 aliphatic carbocycles. The first-order valence-electron chi connectivity index (χ1n) is 7.26. The van der Waals surface area contributed by atoms with Crippen molar-refractivity contribution in [3.05, 3.63) is 28.2 Å². The molecule has 110 valence electrons. The number of piperazine rings is 1. The highest BCUT2D eigenvalue weighted by Crippen LogP contribution is 2.26. The van der Waals surface area contributed by atoms with E-state index >= 15 is 0 Å². The summed E-state index contributed by atoms with van der Waals surface area (Å²) in [6.45, 7) is 7.99. The van der Waals surface area contributed by atoms with E-state index in [9.17, 15) is 0 Å². The van der Waals surface area contributed by atoms with Crippen molar-refractivity contribution in [2.75, 3.05) is 46.4 Å². The molecule has 0 bridgehead atoms. The van der Waals surface area contributed by atoms with Crippen LogP contribution in [0.1, 0.15) is 5.56 Å². The van der Waals surface area contributed by atoms with Gasteiger partial charge in [0.15, 0.2) is 0 Å². The Morgan fingerprint density at radius 2 is 2.05 bits per heavy atom. The van der Waals surface area contributed by atoms with Crippen molar-refractivity contribution in [1.82, 2.24) is 15.1 Å². The topological polar surface area (TPSA) is 27.7 Å². The van der Waals surface area contributed by atoms with E-state index in [1.807, 2.05) is 12.1 Å². The monoisotopic (exact) mass is 339 g/mol. The van der Waals surface area contributed by atoms with Gasteiger partial charge in [-0.15, -0.1) is 0 Å². The maximum atomic E-state index is 5.45. The summed E-state index contributed by atoms with van der Waals surface area (Å²) in [5, 5.41) is 3.41. The summed E-state index contributed by atoms with van der Waals surface area (Å²) in [4.78, 5) is 5.11. The first kappa shape index (κ1) is 14.3. The third-order valence-corrected chi connectivity index (χ3v) is 4.74. The molecule has 0 amide bonds. The van der Waals surface area contributed by atoms with E-state index in [0.29, 0.717) is 0 Å². The minimum Gasteiger partial charge on any atom is -0.496 e. The number of rotatable bonds is 4. The fourth-order valence-corrected chi connectivity index (χ4v) is 3.47. The van der Waals surface area contributed by atoms with Gasteiger partial charge in [-0.1, -0.05) is 15.9 Å². The molecule has 2 fully saturated rings. The van der Waals surface area contributed by atoms with E-state index < -0.39 is 0 Å². The van der Waals surface area contributed by atoms with Crippen molar-refractivity contribution >= 4 is 15.9 Å². The normalized spacial score (nSPS) is 21.7. The van der Waals surface area contributed by atoms with E-state index in [1.165, 1.54) is 31.7 Å². The highest BCUT2D eigenvalue weighted by molar-refractivity contribution is 9.10. The quantitative estimate of drug-likeness (QED) is 0.900. The van der Waals surface area contributed by atoms with Gasteiger partial charge >= 0.3 is 0 Å². The number of nitrogens with one attached hydrogen (secondary N) is 1. The third-order valence-electron chi connectivity index (χ3n) is 4.24. The Morgan fingerprint density at radius 3 is 2.75 bits per heavy atom. The van der Waals surface area contributed by atoms with Crippen LogP contribution >= 0.6 is 15.9 Å². The van der Waals surface area contributed by atoms with Gasteiger partial charge in [0.2, 0.25) is 0 Å². The maximum absolute atomic E-state index is 5.45. The third kappa shape index (κ3) is 3.17. The molecule has 0 aromatic heterocycles. The van der Waals surface area contributed by atoms with Crippen molar-refractivity contribution < 1.29 is 4.74 Å². The van der Waals surface area contributed by atoms with Gasteiger partial charge in [0, 0.05) is 61.9 Å². The van der Waals surface area contributed by atoms with Crippen LogP contribution in [0.5, 0.6) is 5.75 Å². The number of likely N-dealkylation sites (tertiary alicyclic amines) is 1. The Hall–Kier alpha value is -0.620. The first-order valence-corrected chi connectivity index (χ1v) is 8.05. The zero-order chi connectivity index (χ0) is 13.9. The second-order valence-corrected chi connectivity index (χ2v) is 6.51. The van der Waals surface area contributed by atoms with Crippen LogP contribution in [0.2, 0.25) is 0 Å². The molecule has 3 rings (SSSR count). The minimum atomic E-state index is 0.746. The summed E-state index contributed by atoms with van der Waals surface area (Å²) >= 11 is 3.54. The summed E-state index contributed by atoms with van der Waals surface area (Å²) in [7, 11) is 1.74. The predicted octanol–water partition coefficient (Wildman–Crippen LogP) is 1.55. The highest BCUT2D eigenvalue weighted by Gasteiger charge is 2.32. The van der Waals surface area contributed by atoms with Gasteiger partial charge in [-0.3, -0.25) is 9.80 Å². The van der Waals surface area contributed by atoms with E-state index in [2.05, 4.69) is 37.1 Å². The summed E-state index contributed by atoms with van der Waals surface area (Å²) in [6.07, 6.45) is 0. The molecule has 2 aliphatic rings. The Kier molecular flexibility index (Phi) is 4.61. The van der Waals surface area contributed by atoms with Gasteiger partial charge in [0.05, 0.1) is 7.11 Å². The molecule has 5 heteroatoms. The van der Waals surface area contributed by atoms with Crippen LogP contribution in [0.25, 0.3) is 0 Å². The standard InChI is InChI=1S/C15H22BrN3O/c1-20-15-3-2-13(16)8-12(15)9-18-10-14(11-18)19-6-4-17-5-7-19/h2-3,8,14,17H,4-7,9-11H2,1H3. The van der Waals surface area contributed by atoms with Gasteiger partial charge in [0.1, 0.15) is 5.75 Å². The molecule has 0 saturated carbocycles. The molecule has 20 heavy (non-hydrogen) atoms.